The van der Waals surface area contributed by atoms with Crippen LogP contribution in [-0.4, -0.2) is 9.97 Å². The van der Waals surface area contributed by atoms with E-state index in [0.717, 1.165) is 10.4 Å². The van der Waals surface area contributed by atoms with E-state index >= 15 is 0 Å². The Labute approximate surface area is 157 Å². The molecule has 4 nitrogen and oxygen atoms in total. The zero-order chi connectivity index (χ0) is 18.3. The number of benzene rings is 1. The number of rotatable bonds is 4. The first-order valence-electron chi connectivity index (χ1n) is 8.11. The number of hydrogen-bond acceptors (Lipinski definition) is 5. The van der Waals surface area contributed by atoms with Crippen LogP contribution in [0.15, 0.2) is 45.9 Å². The molecule has 4 aromatic rings. The number of thiophene rings is 2. The number of aryl methyl sites for hydroxylation is 1. The lowest BCUT2D eigenvalue weighted by molar-refractivity contribution is 0.618. The van der Waals surface area contributed by atoms with Crippen LogP contribution < -0.4 is 10.9 Å². The first kappa shape index (κ1) is 16.9. The predicted molar refractivity (Wildman–Crippen MR) is 107 cm³/mol. The molecule has 0 spiro atoms. The third kappa shape index (κ3) is 3.04. The molecule has 26 heavy (non-hydrogen) atoms. The number of nitrogens with zero attached hydrogens (tertiary/aromatic N) is 1. The summed E-state index contributed by atoms with van der Waals surface area (Å²) in [4.78, 5) is 21.9. The fourth-order valence-corrected chi connectivity index (χ4v) is 4.55. The van der Waals surface area contributed by atoms with Crippen LogP contribution in [0, 0.1) is 12.7 Å². The van der Waals surface area contributed by atoms with Gasteiger partial charge < -0.3 is 10.3 Å². The molecule has 132 valence electrons. The average Bonchev–Trinajstić information content (AvgIpc) is 3.27. The Balaban J connectivity index is 1.69. The van der Waals surface area contributed by atoms with Crippen molar-refractivity contribution < 1.29 is 4.39 Å². The van der Waals surface area contributed by atoms with E-state index in [-0.39, 0.29) is 17.4 Å². The monoisotopic (exact) mass is 385 g/mol. The molecule has 0 bridgehead atoms. The smallest absolute Gasteiger partial charge is 0.260 e. The summed E-state index contributed by atoms with van der Waals surface area (Å²) in [5.74, 6) is 0.265. The molecular formula is C19H16FN3OS2. The lowest BCUT2D eigenvalue weighted by Gasteiger charge is -2.15. The molecule has 3 heterocycles. The van der Waals surface area contributed by atoms with Crippen molar-refractivity contribution in [3.05, 3.63) is 68.7 Å². The van der Waals surface area contributed by atoms with Gasteiger partial charge in [0.2, 0.25) is 0 Å². The third-order valence-corrected chi connectivity index (χ3v) is 5.99. The summed E-state index contributed by atoms with van der Waals surface area (Å²) >= 11 is 3.05. The van der Waals surface area contributed by atoms with Gasteiger partial charge in [-0.2, -0.15) is 0 Å². The summed E-state index contributed by atoms with van der Waals surface area (Å²) in [7, 11) is 0. The highest BCUT2D eigenvalue weighted by Crippen LogP contribution is 2.33. The van der Waals surface area contributed by atoms with Crippen LogP contribution in [0.4, 0.5) is 10.1 Å². The van der Waals surface area contributed by atoms with Crippen LogP contribution in [0.1, 0.15) is 24.4 Å². The van der Waals surface area contributed by atoms with Gasteiger partial charge in [0.15, 0.2) is 0 Å². The Morgan fingerprint density at radius 3 is 2.85 bits per heavy atom. The number of hydrogen-bond donors (Lipinski definition) is 2. The zero-order valence-corrected chi connectivity index (χ0v) is 15.8. The van der Waals surface area contributed by atoms with E-state index in [1.165, 1.54) is 17.4 Å². The molecule has 4 rings (SSSR count). The average molecular weight is 385 g/mol. The molecule has 0 saturated heterocycles. The van der Waals surface area contributed by atoms with Gasteiger partial charge in [0.25, 0.3) is 5.56 Å². The van der Waals surface area contributed by atoms with Gasteiger partial charge in [-0.3, -0.25) is 4.79 Å². The molecular weight excluding hydrogens is 369 g/mol. The number of aromatic amines is 1. The van der Waals surface area contributed by atoms with Crippen molar-refractivity contribution in [2.75, 3.05) is 5.32 Å². The molecule has 0 aliphatic heterocycles. The molecule has 0 radical (unpaired) electrons. The maximum Gasteiger partial charge on any atom is 0.260 e. The molecule has 0 saturated carbocycles. The first-order chi connectivity index (χ1) is 12.5. The number of halogens is 1. The van der Waals surface area contributed by atoms with Crippen LogP contribution >= 0.6 is 22.7 Å². The highest BCUT2D eigenvalue weighted by Gasteiger charge is 2.16. The van der Waals surface area contributed by atoms with E-state index in [4.69, 9.17) is 0 Å². The Bertz CT molecular complexity index is 1130. The zero-order valence-electron chi connectivity index (χ0n) is 14.2. The molecule has 1 atom stereocenters. The van der Waals surface area contributed by atoms with Gasteiger partial charge in [0.1, 0.15) is 16.5 Å². The molecule has 0 fully saturated rings. The van der Waals surface area contributed by atoms with E-state index in [0.29, 0.717) is 27.3 Å². The normalized spacial score (nSPS) is 12.4. The number of nitrogens with one attached hydrogen (secondary N) is 2. The summed E-state index contributed by atoms with van der Waals surface area (Å²) in [6.07, 6.45) is 0. The summed E-state index contributed by atoms with van der Waals surface area (Å²) in [6.45, 7) is 3.60. The molecule has 1 aromatic carbocycles. The van der Waals surface area contributed by atoms with Crippen molar-refractivity contribution in [1.82, 2.24) is 9.97 Å². The van der Waals surface area contributed by atoms with Crippen molar-refractivity contribution in [2.24, 2.45) is 0 Å². The Kier molecular flexibility index (Phi) is 4.34. The van der Waals surface area contributed by atoms with Crippen LogP contribution in [0.3, 0.4) is 0 Å². The topological polar surface area (TPSA) is 57.8 Å². The van der Waals surface area contributed by atoms with Gasteiger partial charge in [-0.1, -0.05) is 12.1 Å². The second-order valence-electron chi connectivity index (χ2n) is 6.09. The largest absolute Gasteiger partial charge is 0.375 e. The van der Waals surface area contributed by atoms with Gasteiger partial charge in [0.05, 0.1) is 11.4 Å². The predicted octanol–water partition coefficient (Wildman–Crippen LogP) is 5.33. The Morgan fingerprint density at radius 1 is 1.27 bits per heavy atom. The standard InChI is InChI=1S/C19H16FN3OS2/c1-10-5-6-12(8-14(10)20)21-11(2)17-22-18(24)16-13(9-26-19(16)23-17)15-4-3-7-25-15/h3-9,11,21H,1-2H3,(H,22,23,24)/t11-/m1/s1. The lowest BCUT2D eigenvalue weighted by atomic mass is 10.2. The summed E-state index contributed by atoms with van der Waals surface area (Å²) in [6, 6.07) is 8.67. The van der Waals surface area contributed by atoms with Gasteiger partial charge >= 0.3 is 0 Å². The van der Waals surface area contributed by atoms with Crippen LogP contribution in [0.2, 0.25) is 0 Å². The number of aromatic nitrogens is 2. The number of fused-ring (bicyclic) bond motifs is 1. The fourth-order valence-electron chi connectivity index (χ4n) is 2.78. The number of H-pyrrole nitrogens is 1. The Morgan fingerprint density at radius 2 is 2.12 bits per heavy atom. The van der Waals surface area contributed by atoms with Gasteiger partial charge in [-0.05, 0) is 43.0 Å². The van der Waals surface area contributed by atoms with E-state index < -0.39 is 0 Å². The summed E-state index contributed by atoms with van der Waals surface area (Å²) < 4.78 is 13.7. The van der Waals surface area contributed by atoms with Crippen molar-refractivity contribution in [3.8, 4) is 10.4 Å². The quantitative estimate of drug-likeness (QED) is 0.499. The second kappa shape index (κ2) is 6.66. The third-order valence-electron chi connectivity index (χ3n) is 4.21. The van der Waals surface area contributed by atoms with Gasteiger partial charge in [-0.25, -0.2) is 9.37 Å². The number of anilines is 1. The minimum atomic E-state index is -0.266. The Hall–Kier alpha value is -2.51. The first-order valence-corrected chi connectivity index (χ1v) is 9.87. The van der Waals surface area contributed by atoms with E-state index in [2.05, 4.69) is 15.3 Å². The highest BCUT2D eigenvalue weighted by atomic mass is 32.1. The molecule has 3 aromatic heterocycles. The van der Waals surface area contributed by atoms with E-state index in [9.17, 15) is 9.18 Å². The fraction of sp³-hybridized carbons (Fsp3) is 0.158. The highest BCUT2D eigenvalue weighted by molar-refractivity contribution is 7.18. The maximum atomic E-state index is 13.7. The molecule has 2 N–H and O–H groups in total. The van der Waals surface area contributed by atoms with Crippen molar-refractivity contribution >= 4 is 38.6 Å². The van der Waals surface area contributed by atoms with Crippen molar-refractivity contribution in [3.63, 3.8) is 0 Å². The summed E-state index contributed by atoms with van der Waals surface area (Å²) in [5, 5.41) is 7.76. The maximum absolute atomic E-state index is 13.7. The second-order valence-corrected chi connectivity index (χ2v) is 7.89. The minimum Gasteiger partial charge on any atom is -0.375 e. The van der Waals surface area contributed by atoms with E-state index in [1.807, 2.05) is 35.9 Å². The molecule has 0 aliphatic rings. The summed E-state index contributed by atoms with van der Waals surface area (Å²) in [5.41, 5.74) is 2.00. The van der Waals surface area contributed by atoms with Crippen LogP contribution in [-0.2, 0) is 0 Å². The van der Waals surface area contributed by atoms with Crippen LogP contribution in [0.25, 0.3) is 20.7 Å². The molecule has 0 unspecified atom stereocenters. The van der Waals surface area contributed by atoms with Gasteiger partial charge in [0, 0.05) is 21.5 Å². The van der Waals surface area contributed by atoms with Gasteiger partial charge in [-0.15, -0.1) is 22.7 Å². The van der Waals surface area contributed by atoms with Crippen molar-refractivity contribution in [2.45, 2.75) is 19.9 Å². The minimum absolute atomic E-state index is 0.154. The van der Waals surface area contributed by atoms with Crippen molar-refractivity contribution in [1.29, 1.82) is 0 Å². The van der Waals surface area contributed by atoms with E-state index in [1.54, 1.807) is 24.3 Å². The molecule has 0 aliphatic carbocycles. The molecule has 7 heteroatoms. The van der Waals surface area contributed by atoms with Crippen LogP contribution in [0.5, 0.6) is 0 Å². The SMILES string of the molecule is Cc1ccc(N[C@H](C)c2nc3scc(-c4cccs4)c3c(=O)[nH]2)cc1F. The molecule has 0 amide bonds. The lowest BCUT2D eigenvalue weighted by Crippen LogP contribution is -2.17.